The molecule has 0 radical (unpaired) electrons. The third kappa shape index (κ3) is 2.34. The van der Waals surface area contributed by atoms with Gasteiger partial charge in [0.2, 0.25) is 6.35 Å². The molecule has 1 amide bonds. The maximum atomic E-state index is 13.7. The Bertz CT molecular complexity index is 506. The van der Waals surface area contributed by atoms with Crippen LogP contribution in [0.15, 0.2) is 30.1 Å². The largest absolute Gasteiger partial charge is 0.385 e. The second-order valence-electron chi connectivity index (χ2n) is 3.42. The number of rotatable bonds is 1. The number of hydrogen-bond donors (Lipinski definition) is 3. The van der Waals surface area contributed by atoms with Crippen LogP contribution in [0.3, 0.4) is 0 Å². The topological polar surface area (TPSA) is 78.6 Å². The monoisotopic (exact) mass is 349 g/mol. The van der Waals surface area contributed by atoms with E-state index in [1.54, 1.807) is 6.07 Å². The molecule has 1 atom stereocenters. The number of anilines is 1. The summed E-state index contributed by atoms with van der Waals surface area (Å²) in [6, 6.07) is 4.47. The van der Waals surface area contributed by atoms with Crippen molar-refractivity contribution in [3.8, 4) is 0 Å². The molecule has 1 heterocycles. The minimum absolute atomic E-state index is 0.0126. The Morgan fingerprint density at radius 1 is 1.53 bits per heavy atom. The summed E-state index contributed by atoms with van der Waals surface area (Å²) >= 11 is 1.97. The van der Waals surface area contributed by atoms with Gasteiger partial charge in [0.25, 0.3) is 5.91 Å². The summed E-state index contributed by atoms with van der Waals surface area (Å²) in [5.41, 5.74) is 5.70. The van der Waals surface area contributed by atoms with E-state index >= 15 is 0 Å². The summed E-state index contributed by atoms with van der Waals surface area (Å²) in [7, 11) is 0. The second kappa shape index (κ2) is 4.49. The van der Waals surface area contributed by atoms with Crippen LogP contribution in [0.2, 0.25) is 0 Å². The summed E-state index contributed by atoms with van der Waals surface area (Å²) in [6.45, 7) is 0. The van der Waals surface area contributed by atoms with Gasteiger partial charge >= 0.3 is 0 Å². The van der Waals surface area contributed by atoms with Crippen molar-refractivity contribution in [2.75, 3.05) is 4.90 Å². The molecule has 0 saturated carbocycles. The Hall–Kier alpha value is -1.35. The van der Waals surface area contributed by atoms with Gasteiger partial charge in [0.15, 0.2) is 0 Å². The van der Waals surface area contributed by atoms with Crippen molar-refractivity contribution in [2.24, 2.45) is 5.73 Å². The zero-order valence-electron chi connectivity index (χ0n) is 8.52. The van der Waals surface area contributed by atoms with E-state index in [0.29, 0.717) is 0 Å². The normalized spacial score (nSPS) is 19.9. The molecule has 0 bridgehead atoms. The van der Waals surface area contributed by atoms with Crippen LogP contribution < -0.4 is 16.0 Å². The quantitative estimate of drug-likeness (QED) is 0.643. The van der Waals surface area contributed by atoms with Crippen molar-refractivity contribution >= 4 is 34.2 Å². The molecule has 0 aliphatic carbocycles. The number of nitrogens with zero attached hydrogens (tertiary/aromatic N) is 1. The fourth-order valence-electron chi connectivity index (χ4n) is 1.53. The van der Waals surface area contributed by atoms with Crippen LogP contribution in [0.5, 0.6) is 0 Å². The highest BCUT2D eigenvalue weighted by molar-refractivity contribution is 14.1. The summed E-state index contributed by atoms with van der Waals surface area (Å²) < 4.78 is 14.4. The number of halogens is 2. The summed E-state index contributed by atoms with van der Waals surface area (Å²) in [5.74, 6) is -1.05. The molecule has 0 spiro atoms. The maximum Gasteiger partial charge on any atom is 0.251 e. The van der Waals surface area contributed by atoms with E-state index in [0.717, 1.165) is 14.5 Å². The van der Waals surface area contributed by atoms with Crippen molar-refractivity contribution in [1.82, 2.24) is 5.32 Å². The molecule has 1 unspecified atom stereocenters. The molecule has 4 N–H and O–H groups in total. The van der Waals surface area contributed by atoms with Gasteiger partial charge in [-0.3, -0.25) is 9.69 Å². The van der Waals surface area contributed by atoms with Crippen molar-refractivity contribution in [3.05, 3.63) is 39.5 Å². The molecule has 5 nitrogen and oxygen atoms in total. The van der Waals surface area contributed by atoms with E-state index in [4.69, 9.17) is 5.73 Å². The molecule has 1 aliphatic rings. The van der Waals surface area contributed by atoms with Gasteiger partial charge in [-0.15, -0.1) is 0 Å². The van der Waals surface area contributed by atoms with Crippen molar-refractivity contribution < 1.29 is 14.3 Å². The Labute approximate surface area is 110 Å². The van der Waals surface area contributed by atoms with Crippen molar-refractivity contribution in [3.63, 3.8) is 0 Å². The predicted octanol–water partition coefficient (Wildman–Crippen LogP) is 0.443. The van der Waals surface area contributed by atoms with Crippen LogP contribution in [0.25, 0.3) is 0 Å². The lowest BCUT2D eigenvalue weighted by atomic mass is 10.2. The molecule has 1 aromatic carbocycles. The number of benzene rings is 1. The molecule has 0 aromatic heterocycles. The van der Waals surface area contributed by atoms with E-state index in [9.17, 15) is 14.3 Å². The number of amides is 1. The Balaban J connectivity index is 2.45. The van der Waals surface area contributed by atoms with Gasteiger partial charge in [-0.05, 0) is 40.8 Å². The molecule has 90 valence electrons. The molecule has 1 aliphatic heterocycles. The van der Waals surface area contributed by atoms with Gasteiger partial charge in [0.1, 0.15) is 11.6 Å². The lowest BCUT2D eigenvalue weighted by Gasteiger charge is -2.33. The second-order valence-corrected chi connectivity index (χ2v) is 4.66. The standard InChI is InChI=1S/C10H9FIN3O2/c11-6-3-5(12)1-2-7(6)15-8(13)4-9(16)14-10(15)17/h1-4,10,17H,13H2,(H,14,16). The lowest BCUT2D eigenvalue weighted by Crippen LogP contribution is -2.53. The number of carbonyl (C=O) groups excluding carboxylic acids is 1. The van der Waals surface area contributed by atoms with Crippen molar-refractivity contribution in [2.45, 2.75) is 6.35 Å². The van der Waals surface area contributed by atoms with Crippen LogP contribution in [0.1, 0.15) is 0 Å². The number of aliphatic hydroxyl groups is 1. The molecule has 2 rings (SSSR count). The third-order valence-corrected chi connectivity index (χ3v) is 2.91. The minimum Gasteiger partial charge on any atom is -0.385 e. The van der Waals surface area contributed by atoms with Crippen LogP contribution in [0.4, 0.5) is 10.1 Å². The van der Waals surface area contributed by atoms with Crippen LogP contribution in [0, 0.1) is 9.39 Å². The molecule has 17 heavy (non-hydrogen) atoms. The lowest BCUT2D eigenvalue weighted by molar-refractivity contribution is -0.120. The highest BCUT2D eigenvalue weighted by atomic mass is 127. The first kappa shape index (κ1) is 12.1. The fourth-order valence-corrected chi connectivity index (χ4v) is 1.98. The fraction of sp³-hybridized carbons (Fsp3) is 0.100. The Morgan fingerprint density at radius 2 is 2.24 bits per heavy atom. The molecule has 7 heteroatoms. The van der Waals surface area contributed by atoms with E-state index in [1.807, 2.05) is 22.6 Å². The van der Waals surface area contributed by atoms with E-state index in [2.05, 4.69) is 5.32 Å². The first-order chi connectivity index (χ1) is 7.99. The predicted molar refractivity (Wildman–Crippen MR) is 68.0 cm³/mol. The van der Waals surface area contributed by atoms with Gasteiger partial charge in [-0.25, -0.2) is 4.39 Å². The summed E-state index contributed by atoms with van der Waals surface area (Å²) in [6.07, 6.45) is -0.286. The Kier molecular flexibility index (Phi) is 3.20. The molecular weight excluding hydrogens is 340 g/mol. The van der Waals surface area contributed by atoms with Gasteiger partial charge in [-0.2, -0.15) is 0 Å². The average Bonchev–Trinajstić information content (AvgIpc) is 2.19. The third-order valence-electron chi connectivity index (χ3n) is 2.24. The molecular formula is C10H9FIN3O2. The molecule has 0 fully saturated rings. The highest BCUT2D eigenvalue weighted by Gasteiger charge is 2.27. The maximum absolute atomic E-state index is 13.7. The highest BCUT2D eigenvalue weighted by Crippen LogP contribution is 2.25. The van der Waals surface area contributed by atoms with Crippen LogP contribution in [-0.2, 0) is 4.79 Å². The van der Waals surface area contributed by atoms with E-state index in [-0.39, 0.29) is 11.5 Å². The van der Waals surface area contributed by atoms with Gasteiger partial charge < -0.3 is 16.2 Å². The summed E-state index contributed by atoms with van der Waals surface area (Å²) in [5, 5.41) is 11.9. The Morgan fingerprint density at radius 3 is 2.82 bits per heavy atom. The molecule has 0 saturated heterocycles. The number of nitrogens with one attached hydrogen (secondary N) is 1. The van der Waals surface area contributed by atoms with Gasteiger partial charge in [0.05, 0.1) is 5.69 Å². The van der Waals surface area contributed by atoms with Crippen molar-refractivity contribution in [1.29, 1.82) is 0 Å². The van der Waals surface area contributed by atoms with Crippen LogP contribution in [-0.4, -0.2) is 17.4 Å². The zero-order chi connectivity index (χ0) is 12.6. The van der Waals surface area contributed by atoms with E-state index in [1.165, 1.54) is 12.1 Å². The van der Waals surface area contributed by atoms with Gasteiger partial charge in [-0.1, -0.05) is 0 Å². The van der Waals surface area contributed by atoms with E-state index < -0.39 is 18.1 Å². The minimum atomic E-state index is -1.37. The molecule has 1 aromatic rings. The first-order valence-electron chi connectivity index (χ1n) is 4.69. The number of hydrogen-bond acceptors (Lipinski definition) is 4. The smallest absolute Gasteiger partial charge is 0.251 e. The van der Waals surface area contributed by atoms with Gasteiger partial charge in [0, 0.05) is 9.65 Å². The number of nitrogens with two attached hydrogens (primary N) is 1. The first-order valence-corrected chi connectivity index (χ1v) is 5.77. The van der Waals surface area contributed by atoms with Crippen LogP contribution >= 0.6 is 22.6 Å². The summed E-state index contributed by atoms with van der Waals surface area (Å²) in [4.78, 5) is 12.2. The number of carbonyl (C=O) groups is 1. The number of aliphatic hydroxyl groups excluding tert-OH is 1. The average molecular weight is 349 g/mol. The zero-order valence-corrected chi connectivity index (χ0v) is 10.7. The SMILES string of the molecule is NC1=CC(=O)NC(O)N1c1ccc(I)cc1F.